The van der Waals surface area contributed by atoms with Gasteiger partial charge in [0.2, 0.25) is 0 Å². The van der Waals surface area contributed by atoms with Crippen molar-refractivity contribution < 1.29 is 33.3 Å². The van der Waals surface area contributed by atoms with Crippen molar-refractivity contribution in [3.8, 4) is 11.5 Å². The van der Waals surface area contributed by atoms with Crippen LogP contribution in [-0.4, -0.2) is 49.6 Å². The summed E-state index contributed by atoms with van der Waals surface area (Å²) in [4.78, 5) is 36.9. The lowest BCUT2D eigenvalue weighted by Gasteiger charge is -2.26. The van der Waals surface area contributed by atoms with Crippen molar-refractivity contribution in [2.45, 2.75) is 17.4 Å². The number of hydrogen-bond donors (Lipinski definition) is 1. The van der Waals surface area contributed by atoms with Gasteiger partial charge in [-0.2, -0.15) is 0 Å². The van der Waals surface area contributed by atoms with Crippen molar-refractivity contribution in [1.82, 2.24) is 0 Å². The number of carbonyl (C=O) groups excluding carboxylic acids is 3. The number of esters is 2. The molecule has 2 bridgehead atoms. The molecule has 8 nitrogen and oxygen atoms in total. The average Bonchev–Trinajstić information content (AvgIpc) is 3.30. The molecule has 1 aromatic carbocycles. The summed E-state index contributed by atoms with van der Waals surface area (Å²) in [6.45, 7) is -0.444. The van der Waals surface area contributed by atoms with E-state index in [1.54, 1.807) is 18.2 Å². The van der Waals surface area contributed by atoms with Crippen molar-refractivity contribution in [3.63, 3.8) is 0 Å². The third kappa shape index (κ3) is 3.01. The van der Waals surface area contributed by atoms with E-state index < -0.39 is 30.3 Å². The summed E-state index contributed by atoms with van der Waals surface area (Å²) in [5, 5.41) is 2.65. The first-order chi connectivity index (χ1) is 13.4. The number of benzene rings is 1. The van der Waals surface area contributed by atoms with Crippen molar-refractivity contribution in [1.29, 1.82) is 0 Å². The Bertz CT molecular complexity index is 829. The molecule has 1 amide bonds. The Balaban J connectivity index is 1.37. The molecular formula is C19H20BrNO7. The van der Waals surface area contributed by atoms with Crippen LogP contribution < -0.4 is 14.8 Å². The van der Waals surface area contributed by atoms with Crippen LogP contribution in [0.25, 0.3) is 0 Å². The van der Waals surface area contributed by atoms with Crippen LogP contribution in [-0.2, 0) is 23.9 Å². The molecule has 0 spiro atoms. The van der Waals surface area contributed by atoms with Gasteiger partial charge in [-0.1, -0.05) is 15.9 Å². The SMILES string of the molecule is COc1ccc(NC(=O)COC(=O)[C@@H]2[C@H]3C[C@H]4[C@H](OC(=O)[C@@H]42)[C@H]3Br)c(OC)c1. The maximum Gasteiger partial charge on any atom is 0.310 e. The van der Waals surface area contributed by atoms with Crippen LogP contribution in [0, 0.1) is 23.7 Å². The van der Waals surface area contributed by atoms with E-state index in [-0.39, 0.29) is 28.7 Å². The molecule has 3 fully saturated rings. The molecule has 1 heterocycles. The maximum atomic E-state index is 12.6. The highest BCUT2D eigenvalue weighted by Gasteiger charge is 2.68. The van der Waals surface area contributed by atoms with E-state index >= 15 is 0 Å². The number of hydrogen-bond acceptors (Lipinski definition) is 7. The molecular weight excluding hydrogens is 434 g/mol. The Labute approximate surface area is 170 Å². The van der Waals surface area contributed by atoms with Crippen LogP contribution in [0.3, 0.4) is 0 Å². The summed E-state index contributed by atoms with van der Waals surface area (Å²) in [6.07, 6.45) is 0.601. The zero-order chi connectivity index (χ0) is 20.0. The van der Waals surface area contributed by atoms with E-state index in [9.17, 15) is 14.4 Å². The summed E-state index contributed by atoms with van der Waals surface area (Å²) < 4.78 is 21.0. The topological polar surface area (TPSA) is 100 Å². The first-order valence-corrected chi connectivity index (χ1v) is 9.89. The lowest BCUT2D eigenvalue weighted by molar-refractivity contribution is -0.157. The van der Waals surface area contributed by atoms with Crippen molar-refractivity contribution >= 4 is 39.5 Å². The maximum absolute atomic E-state index is 12.6. The quantitative estimate of drug-likeness (QED) is 0.517. The number of amides is 1. The van der Waals surface area contributed by atoms with Crippen molar-refractivity contribution in [2.75, 3.05) is 26.1 Å². The van der Waals surface area contributed by atoms with Crippen LogP contribution in [0.1, 0.15) is 6.42 Å². The monoisotopic (exact) mass is 453 g/mol. The summed E-state index contributed by atoms with van der Waals surface area (Å²) in [6, 6.07) is 4.95. The number of carbonyl (C=O) groups is 3. The van der Waals surface area contributed by atoms with E-state index in [2.05, 4.69) is 21.2 Å². The third-order valence-electron chi connectivity index (χ3n) is 5.82. The molecule has 3 aliphatic rings. The number of fused-ring (bicyclic) bond motifs is 1. The molecule has 0 radical (unpaired) electrons. The van der Waals surface area contributed by atoms with Crippen LogP contribution in [0.2, 0.25) is 0 Å². The van der Waals surface area contributed by atoms with Crippen LogP contribution in [0.5, 0.6) is 11.5 Å². The number of rotatable bonds is 6. The van der Waals surface area contributed by atoms with Gasteiger partial charge >= 0.3 is 11.9 Å². The smallest absolute Gasteiger partial charge is 0.310 e. The Kier molecular flexibility index (Phi) is 4.95. The van der Waals surface area contributed by atoms with E-state index in [0.717, 1.165) is 6.42 Å². The largest absolute Gasteiger partial charge is 0.497 e. The second-order valence-electron chi connectivity index (χ2n) is 7.18. The first kappa shape index (κ1) is 19.0. The Hall–Kier alpha value is -2.29. The molecule has 6 atom stereocenters. The van der Waals surface area contributed by atoms with Gasteiger partial charge in [0.25, 0.3) is 5.91 Å². The minimum atomic E-state index is -0.566. The molecule has 28 heavy (non-hydrogen) atoms. The summed E-state index contributed by atoms with van der Waals surface area (Å²) in [7, 11) is 3.01. The fraction of sp³-hybridized carbons (Fsp3) is 0.526. The van der Waals surface area contributed by atoms with Crippen molar-refractivity contribution in [2.24, 2.45) is 23.7 Å². The first-order valence-electron chi connectivity index (χ1n) is 8.97. The second-order valence-corrected chi connectivity index (χ2v) is 8.24. The minimum absolute atomic E-state index is 0.0105. The zero-order valence-electron chi connectivity index (χ0n) is 15.3. The standard InChI is InChI=1S/C19H20BrNO7/c1-25-8-3-4-11(12(5-8)26-2)21-13(22)7-27-18(23)14-9-6-10-15(14)19(24)28-17(10)16(9)20/h3-5,9-10,14-17H,6-7H2,1-2H3,(H,21,22)/t9-,10-,14-,15+,16+,17+/m1/s1. The highest BCUT2D eigenvalue weighted by molar-refractivity contribution is 9.09. The molecule has 150 valence electrons. The molecule has 2 aliphatic carbocycles. The molecule has 9 heteroatoms. The zero-order valence-corrected chi connectivity index (χ0v) is 16.9. The predicted molar refractivity (Wildman–Crippen MR) is 100 cm³/mol. The van der Waals surface area contributed by atoms with Gasteiger partial charge in [-0.3, -0.25) is 14.4 Å². The van der Waals surface area contributed by atoms with Crippen LogP contribution in [0.15, 0.2) is 18.2 Å². The molecule has 1 aliphatic heterocycles. The number of nitrogens with one attached hydrogen (secondary N) is 1. The van der Waals surface area contributed by atoms with Gasteiger partial charge in [0.05, 0.1) is 36.6 Å². The number of ether oxygens (including phenoxy) is 4. The number of methoxy groups -OCH3 is 2. The van der Waals surface area contributed by atoms with E-state index in [1.807, 2.05) is 0 Å². The lowest BCUT2D eigenvalue weighted by atomic mass is 9.80. The number of halogens is 1. The normalized spacial score (nSPS) is 32.0. The predicted octanol–water partition coefficient (Wildman–Crippen LogP) is 1.76. The third-order valence-corrected chi connectivity index (χ3v) is 7.02. The molecule has 1 saturated heterocycles. The van der Waals surface area contributed by atoms with Gasteiger partial charge in [0.15, 0.2) is 6.61 Å². The van der Waals surface area contributed by atoms with E-state index in [0.29, 0.717) is 17.2 Å². The van der Waals surface area contributed by atoms with Gasteiger partial charge in [-0.05, 0) is 24.5 Å². The Morgan fingerprint density at radius 1 is 1.25 bits per heavy atom. The van der Waals surface area contributed by atoms with Gasteiger partial charge < -0.3 is 24.3 Å². The molecule has 1 N–H and O–H groups in total. The molecule has 1 aromatic rings. The average molecular weight is 454 g/mol. The lowest BCUT2D eigenvalue weighted by Crippen LogP contribution is -2.39. The van der Waals surface area contributed by atoms with Crippen LogP contribution >= 0.6 is 15.9 Å². The Morgan fingerprint density at radius 2 is 2.04 bits per heavy atom. The fourth-order valence-corrected chi connectivity index (χ4v) is 5.66. The van der Waals surface area contributed by atoms with E-state index in [4.69, 9.17) is 18.9 Å². The van der Waals surface area contributed by atoms with Gasteiger partial charge in [-0.15, -0.1) is 0 Å². The van der Waals surface area contributed by atoms with Gasteiger partial charge in [0, 0.05) is 12.0 Å². The highest BCUT2D eigenvalue weighted by Crippen LogP contribution is 2.60. The second kappa shape index (κ2) is 7.27. The highest BCUT2D eigenvalue weighted by atomic mass is 79.9. The number of alkyl halides is 1. The fourth-order valence-electron chi connectivity index (χ4n) is 4.62. The number of anilines is 1. The molecule has 0 unspecified atom stereocenters. The summed E-state index contributed by atoms with van der Waals surface area (Å²) >= 11 is 3.55. The molecule has 2 saturated carbocycles. The molecule has 4 rings (SSSR count). The van der Waals surface area contributed by atoms with Crippen LogP contribution in [0.4, 0.5) is 5.69 Å². The molecule has 0 aromatic heterocycles. The van der Waals surface area contributed by atoms with E-state index in [1.165, 1.54) is 14.2 Å². The Morgan fingerprint density at radius 3 is 2.75 bits per heavy atom. The summed E-state index contributed by atoms with van der Waals surface area (Å²) in [5.74, 6) is -1.34. The summed E-state index contributed by atoms with van der Waals surface area (Å²) in [5.41, 5.74) is 0.437. The van der Waals surface area contributed by atoms with Gasteiger partial charge in [0.1, 0.15) is 17.6 Å². The minimum Gasteiger partial charge on any atom is -0.497 e. The van der Waals surface area contributed by atoms with Gasteiger partial charge in [-0.25, -0.2) is 0 Å². The van der Waals surface area contributed by atoms with Crippen molar-refractivity contribution in [3.05, 3.63) is 18.2 Å².